The molecule has 2 aromatic rings. The molecule has 94 valence electrons. The van der Waals surface area contributed by atoms with Gasteiger partial charge in [0.1, 0.15) is 5.03 Å². The molecular formula is C12H14N4OS. The van der Waals surface area contributed by atoms with E-state index in [0.29, 0.717) is 5.69 Å². The highest BCUT2D eigenvalue weighted by Gasteiger charge is 2.14. The van der Waals surface area contributed by atoms with Crippen LogP contribution in [-0.2, 0) is 0 Å². The molecule has 5 nitrogen and oxygen atoms in total. The molecule has 0 aliphatic heterocycles. The van der Waals surface area contributed by atoms with Crippen molar-refractivity contribution < 1.29 is 0 Å². The molecule has 2 aromatic heterocycles. The van der Waals surface area contributed by atoms with E-state index in [2.05, 4.69) is 15.0 Å². The Balaban J connectivity index is 2.71. The molecule has 6 heteroatoms. The van der Waals surface area contributed by atoms with Gasteiger partial charge in [-0.15, -0.1) is 11.8 Å². The van der Waals surface area contributed by atoms with Gasteiger partial charge in [-0.2, -0.15) is 0 Å². The van der Waals surface area contributed by atoms with Gasteiger partial charge in [0.25, 0.3) is 5.56 Å². The van der Waals surface area contributed by atoms with Crippen LogP contribution in [0.2, 0.25) is 0 Å². The van der Waals surface area contributed by atoms with E-state index in [1.54, 1.807) is 6.20 Å². The van der Waals surface area contributed by atoms with Crippen molar-refractivity contribution in [2.75, 3.05) is 25.3 Å². The number of aromatic amines is 1. The molecule has 0 spiro atoms. The van der Waals surface area contributed by atoms with Crippen molar-refractivity contribution in [1.29, 1.82) is 0 Å². The number of nitrogens with one attached hydrogen (secondary N) is 1. The van der Waals surface area contributed by atoms with Crippen LogP contribution in [0.1, 0.15) is 0 Å². The van der Waals surface area contributed by atoms with E-state index in [1.807, 2.05) is 31.3 Å². The topological polar surface area (TPSA) is 61.9 Å². The number of H-pyrrole nitrogens is 1. The fourth-order valence-electron chi connectivity index (χ4n) is 1.71. The van der Waals surface area contributed by atoms with Crippen molar-refractivity contribution in [3.8, 4) is 11.3 Å². The fraction of sp³-hybridized carbons (Fsp3) is 0.250. The number of pyridine rings is 1. The maximum absolute atomic E-state index is 11.4. The van der Waals surface area contributed by atoms with Crippen molar-refractivity contribution >= 4 is 17.4 Å². The summed E-state index contributed by atoms with van der Waals surface area (Å²) in [6.07, 6.45) is 5.13. The van der Waals surface area contributed by atoms with Gasteiger partial charge in [-0.1, -0.05) is 0 Å². The Bertz CT molecular complexity index is 609. The summed E-state index contributed by atoms with van der Waals surface area (Å²) in [6.45, 7) is 0. The van der Waals surface area contributed by atoms with Gasteiger partial charge in [0, 0.05) is 32.0 Å². The molecule has 0 fully saturated rings. The lowest BCUT2D eigenvalue weighted by Crippen LogP contribution is -2.12. The first kappa shape index (κ1) is 12.6. The Morgan fingerprint density at radius 2 is 2.11 bits per heavy atom. The molecule has 0 atom stereocenters. The Hall–Kier alpha value is -1.82. The molecule has 0 aliphatic carbocycles. The summed E-state index contributed by atoms with van der Waals surface area (Å²) in [5.41, 5.74) is 2.36. The summed E-state index contributed by atoms with van der Waals surface area (Å²) in [5.74, 6) is 0. The standard InChI is InChI=1S/C12H14N4OS/c1-16(2)9-4-5-13-12(18-3)11(9)8-6-10(17)15-7-14-8/h4-7H,1-3H3,(H,14,15,17). The van der Waals surface area contributed by atoms with Crippen LogP contribution in [-0.4, -0.2) is 35.3 Å². The third-order valence-electron chi connectivity index (χ3n) is 2.50. The van der Waals surface area contributed by atoms with Crippen LogP contribution in [0.4, 0.5) is 5.69 Å². The largest absolute Gasteiger partial charge is 0.377 e. The second kappa shape index (κ2) is 5.22. The summed E-state index contributed by atoms with van der Waals surface area (Å²) < 4.78 is 0. The number of anilines is 1. The third-order valence-corrected chi connectivity index (χ3v) is 3.20. The highest BCUT2D eigenvalue weighted by atomic mass is 32.2. The van der Waals surface area contributed by atoms with Gasteiger partial charge in [0.05, 0.1) is 17.6 Å². The second-order valence-electron chi connectivity index (χ2n) is 3.91. The summed E-state index contributed by atoms with van der Waals surface area (Å²) >= 11 is 1.54. The molecule has 2 heterocycles. The monoisotopic (exact) mass is 262 g/mol. The van der Waals surface area contributed by atoms with Crippen molar-refractivity contribution in [1.82, 2.24) is 15.0 Å². The molecule has 0 aromatic carbocycles. The molecule has 1 N–H and O–H groups in total. The van der Waals surface area contributed by atoms with E-state index < -0.39 is 0 Å². The van der Waals surface area contributed by atoms with Crippen LogP contribution in [0.15, 0.2) is 34.5 Å². The normalized spacial score (nSPS) is 10.4. The van der Waals surface area contributed by atoms with Gasteiger partial charge in [-0.25, -0.2) is 9.97 Å². The summed E-state index contributed by atoms with van der Waals surface area (Å²) in [7, 11) is 3.91. The van der Waals surface area contributed by atoms with Crippen molar-refractivity contribution in [3.05, 3.63) is 35.0 Å². The number of aromatic nitrogens is 3. The van der Waals surface area contributed by atoms with E-state index in [0.717, 1.165) is 16.3 Å². The lowest BCUT2D eigenvalue weighted by Gasteiger charge is -2.18. The molecule has 0 radical (unpaired) electrons. The number of rotatable bonds is 3. The zero-order valence-electron chi connectivity index (χ0n) is 10.5. The van der Waals surface area contributed by atoms with Gasteiger partial charge in [-0.3, -0.25) is 4.79 Å². The van der Waals surface area contributed by atoms with Crippen molar-refractivity contribution in [2.24, 2.45) is 0 Å². The van der Waals surface area contributed by atoms with Gasteiger partial charge < -0.3 is 9.88 Å². The molecular weight excluding hydrogens is 248 g/mol. The van der Waals surface area contributed by atoms with Gasteiger partial charge in [-0.05, 0) is 12.3 Å². The Labute approximate surface area is 109 Å². The Kier molecular flexibility index (Phi) is 3.66. The average Bonchev–Trinajstić information content (AvgIpc) is 2.37. The molecule has 0 aliphatic rings. The van der Waals surface area contributed by atoms with Crippen LogP contribution in [0, 0.1) is 0 Å². The van der Waals surface area contributed by atoms with Crippen LogP contribution in [0.3, 0.4) is 0 Å². The number of hydrogen-bond acceptors (Lipinski definition) is 5. The summed E-state index contributed by atoms with van der Waals surface area (Å²) in [6, 6.07) is 3.40. The third kappa shape index (κ3) is 2.38. The summed E-state index contributed by atoms with van der Waals surface area (Å²) in [4.78, 5) is 24.5. The van der Waals surface area contributed by atoms with Crippen molar-refractivity contribution in [3.63, 3.8) is 0 Å². The zero-order valence-corrected chi connectivity index (χ0v) is 11.3. The van der Waals surface area contributed by atoms with Gasteiger partial charge in [0.15, 0.2) is 0 Å². The number of nitrogens with zero attached hydrogens (tertiary/aromatic N) is 3. The first-order valence-electron chi connectivity index (χ1n) is 5.39. The minimum Gasteiger partial charge on any atom is -0.377 e. The van der Waals surface area contributed by atoms with E-state index in [-0.39, 0.29) is 5.56 Å². The van der Waals surface area contributed by atoms with Gasteiger partial charge in [0.2, 0.25) is 0 Å². The maximum Gasteiger partial charge on any atom is 0.251 e. The second-order valence-corrected chi connectivity index (χ2v) is 4.70. The average molecular weight is 262 g/mol. The van der Waals surface area contributed by atoms with E-state index in [9.17, 15) is 4.79 Å². The minimum absolute atomic E-state index is 0.166. The summed E-state index contributed by atoms with van der Waals surface area (Å²) in [5, 5.41) is 0.860. The smallest absolute Gasteiger partial charge is 0.251 e. The van der Waals surface area contributed by atoms with Crippen LogP contribution < -0.4 is 10.5 Å². The van der Waals surface area contributed by atoms with Crippen LogP contribution in [0.5, 0.6) is 0 Å². The predicted molar refractivity (Wildman–Crippen MR) is 74.2 cm³/mol. The number of hydrogen-bond donors (Lipinski definition) is 1. The quantitative estimate of drug-likeness (QED) is 0.852. The van der Waals surface area contributed by atoms with E-state index >= 15 is 0 Å². The maximum atomic E-state index is 11.4. The molecule has 0 bridgehead atoms. The van der Waals surface area contributed by atoms with E-state index in [4.69, 9.17) is 0 Å². The zero-order chi connectivity index (χ0) is 13.1. The molecule has 0 saturated carbocycles. The highest BCUT2D eigenvalue weighted by Crippen LogP contribution is 2.34. The Morgan fingerprint density at radius 1 is 1.33 bits per heavy atom. The van der Waals surface area contributed by atoms with Gasteiger partial charge >= 0.3 is 0 Å². The molecule has 0 saturated heterocycles. The molecule has 18 heavy (non-hydrogen) atoms. The first-order chi connectivity index (χ1) is 8.63. The first-order valence-corrected chi connectivity index (χ1v) is 6.61. The SMILES string of the molecule is CSc1nccc(N(C)C)c1-c1cc(=O)[nH]cn1. The molecule has 0 unspecified atom stereocenters. The van der Waals surface area contributed by atoms with Crippen molar-refractivity contribution in [2.45, 2.75) is 5.03 Å². The lowest BCUT2D eigenvalue weighted by atomic mass is 10.1. The molecule has 0 amide bonds. The lowest BCUT2D eigenvalue weighted by molar-refractivity contribution is 1.05. The van der Waals surface area contributed by atoms with Crippen LogP contribution >= 0.6 is 11.8 Å². The predicted octanol–water partition coefficient (Wildman–Crippen LogP) is 1.62. The van der Waals surface area contributed by atoms with E-state index in [1.165, 1.54) is 24.2 Å². The molecule has 2 rings (SSSR count). The highest BCUT2D eigenvalue weighted by molar-refractivity contribution is 7.98. The minimum atomic E-state index is -0.166. The Morgan fingerprint density at radius 3 is 2.72 bits per heavy atom. The number of thioether (sulfide) groups is 1. The van der Waals surface area contributed by atoms with Crippen LogP contribution in [0.25, 0.3) is 11.3 Å². The fourth-order valence-corrected chi connectivity index (χ4v) is 2.29.